The van der Waals surface area contributed by atoms with E-state index in [1.165, 1.54) is 10.5 Å². The van der Waals surface area contributed by atoms with Gasteiger partial charge in [-0.25, -0.2) is 0 Å². The maximum atomic E-state index is 13.1. The van der Waals surface area contributed by atoms with Gasteiger partial charge in [0.1, 0.15) is 11.8 Å². The first kappa shape index (κ1) is 25.0. The summed E-state index contributed by atoms with van der Waals surface area (Å²) in [5.74, 6) is 0.456. The van der Waals surface area contributed by atoms with E-state index in [4.69, 9.17) is 27.9 Å². The van der Waals surface area contributed by atoms with Gasteiger partial charge in [-0.3, -0.25) is 9.59 Å². The summed E-state index contributed by atoms with van der Waals surface area (Å²) in [6, 6.07) is 12.0. The zero-order chi connectivity index (χ0) is 23.1. The van der Waals surface area contributed by atoms with E-state index in [-0.39, 0.29) is 31.0 Å². The van der Waals surface area contributed by atoms with Crippen molar-refractivity contribution in [2.45, 2.75) is 59.2 Å². The number of benzene rings is 2. The molecular weight excluding hydrogens is 435 g/mol. The molecule has 2 amide bonds. The molecule has 168 valence electrons. The summed E-state index contributed by atoms with van der Waals surface area (Å²) >= 11 is 12.3. The van der Waals surface area contributed by atoms with E-state index >= 15 is 0 Å². The van der Waals surface area contributed by atoms with Crippen molar-refractivity contribution in [2.75, 3.05) is 6.61 Å². The van der Waals surface area contributed by atoms with Gasteiger partial charge >= 0.3 is 0 Å². The predicted octanol–water partition coefficient (Wildman–Crippen LogP) is 5.44. The van der Waals surface area contributed by atoms with Crippen LogP contribution in [0.2, 0.25) is 10.0 Å². The van der Waals surface area contributed by atoms with Crippen molar-refractivity contribution < 1.29 is 14.3 Å². The fraction of sp³-hybridized carbons (Fsp3) is 0.417. The number of hydrogen-bond acceptors (Lipinski definition) is 3. The molecule has 2 aromatic carbocycles. The molecule has 0 heterocycles. The summed E-state index contributed by atoms with van der Waals surface area (Å²) in [5.41, 5.74) is 1.89. The summed E-state index contributed by atoms with van der Waals surface area (Å²) in [5, 5.41) is 3.79. The summed E-state index contributed by atoms with van der Waals surface area (Å²) in [6.07, 6.45) is 0. The highest BCUT2D eigenvalue weighted by Crippen LogP contribution is 2.24. The van der Waals surface area contributed by atoms with E-state index in [1.54, 1.807) is 25.1 Å². The maximum Gasteiger partial charge on any atom is 0.261 e. The van der Waals surface area contributed by atoms with Gasteiger partial charge < -0.3 is 15.0 Å². The van der Waals surface area contributed by atoms with Gasteiger partial charge in [0, 0.05) is 22.6 Å². The van der Waals surface area contributed by atoms with E-state index in [0.717, 1.165) is 0 Å². The number of rotatable bonds is 9. The second-order valence-corrected chi connectivity index (χ2v) is 8.95. The Morgan fingerprint density at radius 2 is 1.65 bits per heavy atom. The molecule has 5 nitrogen and oxygen atoms in total. The molecule has 0 spiro atoms. The Morgan fingerprint density at radius 3 is 2.19 bits per heavy atom. The number of nitrogens with one attached hydrogen (secondary N) is 1. The lowest BCUT2D eigenvalue weighted by Gasteiger charge is -2.29. The van der Waals surface area contributed by atoms with Gasteiger partial charge in [-0.05, 0) is 62.1 Å². The molecule has 1 N–H and O–H groups in total. The number of halogens is 2. The Labute approximate surface area is 194 Å². The molecule has 0 fully saturated rings. The Hall–Kier alpha value is -2.24. The summed E-state index contributed by atoms with van der Waals surface area (Å²) in [7, 11) is 0. The van der Waals surface area contributed by atoms with Gasteiger partial charge in [0.15, 0.2) is 6.61 Å². The number of hydrogen-bond donors (Lipinski definition) is 1. The van der Waals surface area contributed by atoms with Crippen molar-refractivity contribution in [1.29, 1.82) is 0 Å². The smallest absolute Gasteiger partial charge is 0.261 e. The molecule has 0 unspecified atom stereocenters. The standard InChI is InChI=1S/C24H30Cl2N2O3/c1-15(2)18-7-10-21(11-8-18)31-14-23(29)28(17(5)24(30)27-16(3)4)13-19-6-9-20(25)12-22(19)26/h6-12,15-17H,13-14H2,1-5H3,(H,27,30)/t17-/m0/s1. The van der Waals surface area contributed by atoms with Gasteiger partial charge in [0.2, 0.25) is 5.91 Å². The van der Waals surface area contributed by atoms with Gasteiger partial charge in [0.05, 0.1) is 0 Å². The highest BCUT2D eigenvalue weighted by molar-refractivity contribution is 6.35. The van der Waals surface area contributed by atoms with Crippen molar-refractivity contribution >= 4 is 35.0 Å². The Bertz CT molecular complexity index is 898. The molecule has 0 radical (unpaired) electrons. The van der Waals surface area contributed by atoms with Crippen LogP contribution in [-0.4, -0.2) is 35.4 Å². The van der Waals surface area contributed by atoms with Crippen LogP contribution in [0.5, 0.6) is 5.75 Å². The monoisotopic (exact) mass is 464 g/mol. The highest BCUT2D eigenvalue weighted by Gasteiger charge is 2.27. The zero-order valence-corrected chi connectivity index (χ0v) is 20.1. The first-order valence-electron chi connectivity index (χ1n) is 10.3. The van der Waals surface area contributed by atoms with E-state index in [9.17, 15) is 9.59 Å². The fourth-order valence-electron chi connectivity index (χ4n) is 3.00. The molecule has 0 saturated carbocycles. The average molecular weight is 465 g/mol. The molecule has 0 aliphatic heterocycles. The molecular formula is C24H30Cl2N2O3. The molecule has 2 aromatic rings. The lowest BCUT2D eigenvalue weighted by molar-refractivity contribution is -0.142. The van der Waals surface area contributed by atoms with Gasteiger partial charge in [-0.1, -0.05) is 55.2 Å². The van der Waals surface area contributed by atoms with Crippen molar-refractivity contribution in [3.05, 3.63) is 63.6 Å². The number of carbonyl (C=O) groups is 2. The third-order valence-corrected chi connectivity index (χ3v) is 5.45. The van der Waals surface area contributed by atoms with E-state index in [0.29, 0.717) is 27.3 Å². The number of amides is 2. The van der Waals surface area contributed by atoms with Crippen LogP contribution >= 0.6 is 23.2 Å². The molecule has 0 saturated heterocycles. The quantitative estimate of drug-likeness (QED) is 0.537. The topological polar surface area (TPSA) is 58.6 Å². The highest BCUT2D eigenvalue weighted by atomic mass is 35.5. The minimum Gasteiger partial charge on any atom is -0.484 e. The minimum atomic E-state index is -0.700. The van der Waals surface area contributed by atoms with Gasteiger partial charge in [-0.2, -0.15) is 0 Å². The first-order valence-corrected chi connectivity index (χ1v) is 11.1. The predicted molar refractivity (Wildman–Crippen MR) is 126 cm³/mol. The number of nitrogens with zero attached hydrogens (tertiary/aromatic N) is 1. The Kier molecular flexibility index (Phi) is 9.20. The third kappa shape index (κ3) is 7.44. The number of ether oxygens (including phenoxy) is 1. The minimum absolute atomic E-state index is 0.0401. The largest absolute Gasteiger partial charge is 0.484 e. The molecule has 0 aliphatic carbocycles. The Morgan fingerprint density at radius 1 is 1.00 bits per heavy atom. The van der Waals surface area contributed by atoms with Crippen LogP contribution in [0.4, 0.5) is 0 Å². The van der Waals surface area contributed by atoms with E-state index in [2.05, 4.69) is 19.2 Å². The van der Waals surface area contributed by atoms with Crippen LogP contribution in [0.15, 0.2) is 42.5 Å². The van der Waals surface area contributed by atoms with Crippen LogP contribution < -0.4 is 10.1 Å². The zero-order valence-electron chi connectivity index (χ0n) is 18.6. The molecule has 0 aromatic heterocycles. The summed E-state index contributed by atoms with van der Waals surface area (Å²) < 4.78 is 5.70. The molecule has 1 atom stereocenters. The summed E-state index contributed by atoms with van der Waals surface area (Å²) in [6.45, 7) is 9.64. The molecule has 0 bridgehead atoms. The molecule has 7 heteroatoms. The van der Waals surface area contributed by atoms with Gasteiger partial charge in [0.25, 0.3) is 5.91 Å². The van der Waals surface area contributed by atoms with Gasteiger partial charge in [-0.15, -0.1) is 0 Å². The Balaban J connectivity index is 2.17. The lowest BCUT2D eigenvalue weighted by atomic mass is 10.0. The molecule has 2 rings (SSSR count). The van der Waals surface area contributed by atoms with Crippen LogP contribution in [0.1, 0.15) is 51.7 Å². The molecule has 0 aliphatic rings. The van der Waals surface area contributed by atoms with Crippen LogP contribution in [0.25, 0.3) is 0 Å². The van der Waals surface area contributed by atoms with Crippen LogP contribution in [-0.2, 0) is 16.1 Å². The first-order chi connectivity index (χ1) is 14.6. The van der Waals surface area contributed by atoms with Crippen molar-refractivity contribution in [3.63, 3.8) is 0 Å². The lowest BCUT2D eigenvalue weighted by Crippen LogP contribution is -2.50. The molecule has 31 heavy (non-hydrogen) atoms. The average Bonchev–Trinajstić information content (AvgIpc) is 2.70. The SMILES string of the molecule is CC(C)NC(=O)[C@H](C)N(Cc1ccc(Cl)cc1Cl)C(=O)COc1ccc(C(C)C)cc1. The third-order valence-electron chi connectivity index (χ3n) is 4.86. The van der Waals surface area contributed by atoms with E-state index in [1.807, 2.05) is 38.1 Å². The van der Waals surface area contributed by atoms with Crippen molar-refractivity contribution in [2.24, 2.45) is 0 Å². The maximum absolute atomic E-state index is 13.1. The van der Waals surface area contributed by atoms with E-state index < -0.39 is 6.04 Å². The second-order valence-electron chi connectivity index (χ2n) is 8.11. The fourth-order valence-corrected chi connectivity index (χ4v) is 3.47. The second kappa shape index (κ2) is 11.4. The van der Waals surface area contributed by atoms with Crippen LogP contribution in [0.3, 0.4) is 0 Å². The number of carbonyl (C=O) groups excluding carboxylic acids is 2. The van der Waals surface area contributed by atoms with Crippen molar-refractivity contribution in [3.8, 4) is 5.75 Å². The normalized spacial score (nSPS) is 12.0. The van der Waals surface area contributed by atoms with Crippen LogP contribution in [0, 0.1) is 0 Å². The summed E-state index contributed by atoms with van der Waals surface area (Å²) in [4.78, 5) is 27.1. The van der Waals surface area contributed by atoms with Crippen molar-refractivity contribution in [1.82, 2.24) is 10.2 Å².